The lowest BCUT2D eigenvalue weighted by Crippen LogP contribution is -2.31. The molecule has 5 rings (SSSR count). The van der Waals surface area contributed by atoms with Crippen molar-refractivity contribution in [3.63, 3.8) is 0 Å². The molecule has 0 saturated carbocycles. The molecular weight excluding hydrogens is 337 g/mol. The number of hydrogen-bond acceptors (Lipinski definition) is 2. The molecule has 0 amide bonds. The minimum Gasteiger partial charge on any atom is -0.360 e. The predicted molar refractivity (Wildman–Crippen MR) is 109 cm³/mol. The summed E-state index contributed by atoms with van der Waals surface area (Å²) < 4.78 is 13.4. The van der Waals surface area contributed by atoms with Crippen molar-refractivity contribution < 1.29 is 4.39 Å². The number of nitrogens with zero attached hydrogens (tertiary/aromatic N) is 2. The van der Waals surface area contributed by atoms with Gasteiger partial charge in [-0.05, 0) is 86.8 Å². The molecule has 4 heteroatoms. The van der Waals surface area contributed by atoms with Crippen LogP contribution in [-0.4, -0.2) is 35.7 Å². The van der Waals surface area contributed by atoms with E-state index in [1.807, 2.05) is 12.3 Å². The van der Waals surface area contributed by atoms with E-state index in [0.29, 0.717) is 0 Å². The molecule has 0 aliphatic carbocycles. The van der Waals surface area contributed by atoms with Crippen LogP contribution >= 0.6 is 0 Å². The van der Waals surface area contributed by atoms with Crippen molar-refractivity contribution in [2.24, 2.45) is 10.9 Å². The first-order valence-electron chi connectivity index (χ1n) is 9.80. The molecular formula is C23H24FN3. The molecule has 0 atom stereocenters. The summed E-state index contributed by atoms with van der Waals surface area (Å²) in [5, 5.41) is 1.06. The first kappa shape index (κ1) is 16.7. The Bertz CT molecular complexity index is 1030. The van der Waals surface area contributed by atoms with Gasteiger partial charge in [-0.1, -0.05) is 6.07 Å². The normalized spacial score (nSPS) is 18.1. The monoisotopic (exact) mass is 361 g/mol. The van der Waals surface area contributed by atoms with Crippen molar-refractivity contribution in [3.05, 3.63) is 54.0 Å². The van der Waals surface area contributed by atoms with Crippen LogP contribution in [0.3, 0.4) is 0 Å². The summed E-state index contributed by atoms with van der Waals surface area (Å²) in [5.74, 6) is 0.564. The van der Waals surface area contributed by atoms with Crippen LogP contribution in [0.5, 0.6) is 0 Å². The number of benzene rings is 2. The number of aliphatic imine (C=N–C) groups is 1. The molecule has 0 bridgehead atoms. The molecule has 1 fully saturated rings. The van der Waals surface area contributed by atoms with E-state index in [1.165, 1.54) is 48.8 Å². The highest BCUT2D eigenvalue weighted by atomic mass is 19.1. The van der Waals surface area contributed by atoms with Gasteiger partial charge in [0.2, 0.25) is 0 Å². The molecule has 3 nitrogen and oxygen atoms in total. The van der Waals surface area contributed by atoms with Crippen molar-refractivity contribution in [3.8, 4) is 11.1 Å². The summed E-state index contributed by atoms with van der Waals surface area (Å²) in [6.45, 7) is 2.41. The number of likely N-dealkylation sites (tertiary alicyclic amines) is 1. The average Bonchev–Trinajstić information content (AvgIpc) is 3.25. The van der Waals surface area contributed by atoms with E-state index in [2.05, 4.69) is 35.1 Å². The van der Waals surface area contributed by atoms with Crippen LogP contribution in [0.25, 0.3) is 22.0 Å². The largest absolute Gasteiger partial charge is 0.360 e. The van der Waals surface area contributed by atoms with Crippen molar-refractivity contribution in [2.75, 3.05) is 20.1 Å². The Labute approximate surface area is 158 Å². The highest BCUT2D eigenvalue weighted by Crippen LogP contribution is 2.36. The first-order valence-corrected chi connectivity index (χ1v) is 9.80. The highest BCUT2D eigenvalue weighted by Gasteiger charge is 2.22. The van der Waals surface area contributed by atoms with E-state index < -0.39 is 0 Å². The van der Waals surface area contributed by atoms with Crippen LogP contribution in [0.1, 0.15) is 24.8 Å². The van der Waals surface area contributed by atoms with Crippen LogP contribution < -0.4 is 0 Å². The standard InChI is InChI=1S/C23H24FN3/c1-27-8-6-15(7-9-27)10-19-12-17-11-16(2-5-22(17)26-19)21-14-25-23-13-18(24)3-4-20(21)23/h2-5,11,13-15,25H,6-10,12H2,1H3. The Hall–Kier alpha value is -2.46. The average molecular weight is 361 g/mol. The Morgan fingerprint density at radius 3 is 2.85 bits per heavy atom. The Balaban J connectivity index is 1.36. The van der Waals surface area contributed by atoms with Gasteiger partial charge in [0, 0.05) is 34.8 Å². The van der Waals surface area contributed by atoms with Gasteiger partial charge < -0.3 is 9.88 Å². The second kappa shape index (κ2) is 6.61. The number of nitrogens with one attached hydrogen (secondary N) is 1. The van der Waals surface area contributed by atoms with E-state index in [9.17, 15) is 4.39 Å². The number of halogens is 1. The summed E-state index contributed by atoms with van der Waals surface area (Å²) in [6, 6.07) is 11.4. The zero-order chi connectivity index (χ0) is 18.4. The second-order valence-electron chi connectivity index (χ2n) is 8.04. The summed E-state index contributed by atoms with van der Waals surface area (Å²) in [6.07, 6.45) is 6.63. The number of fused-ring (bicyclic) bond motifs is 2. The molecule has 3 aromatic rings. The topological polar surface area (TPSA) is 31.4 Å². The number of piperidine rings is 1. The third-order valence-electron chi connectivity index (χ3n) is 6.07. The first-order chi connectivity index (χ1) is 13.2. The molecule has 1 saturated heterocycles. The number of H-pyrrole nitrogens is 1. The van der Waals surface area contributed by atoms with Gasteiger partial charge in [-0.2, -0.15) is 0 Å². The van der Waals surface area contributed by atoms with Crippen molar-refractivity contribution in [2.45, 2.75) is 25.7 Å². The minimum atomic E-state index is -0.211. The minimum absolute atomic E-state index is 0.211. The summed E-state index contributed by atoms with van der Waals surface area (Å²) in [7, 11) is 2.21. The molecule has 0 spiro atoms. The molecule has 1 N–H and O–H groups in total. The zero-order valence-electron chi connectivity index (χ0n) is 15.6. The Kier molecular flexibility index (Phi) is 4.09. The van der Waals surface area contributed by atoms with Gasteiger partial charge in [0.25, 0.3) is 0 Å². The summed E-state index contributed by atoms with van der Waals surface area (Å²) >= 11 is 0. The molecule has 2 aliphatic rings. The van der Waals surface area contributed by atoms with Crippen LogP contribution in [-0.2, 0) is 6.42 Å². The van der Waals surface area contributed by atoms with Gasteiger partial charge >= 0.3 is 0 Å². The highest BCUT2D eigenvalue weighted by molar-refractivity contribution is 5.98. The molecule has 3 heterocycles. The maximum absolute atomic E-state index is 13.4. The smallest absolute Gasteiger partial charge is 0.125 e. The van der Waals surface area contributed by atoms with Gasteiger partial charge in [-0.15, -0.1) is 0 Å². The van der Waals surface area contributed by atoms with Crippen molar-refractivity contribution in [1.29, 1.82) is 0 Å². The number of aromatic nitrogens is 1. The summed E-state index contributed by atoms with van der Waals surface area (Å²) in [5.41, 5.74) is 6.89. The SMILES string of the molecule is CN1CCC(CC2=Nc3ccc(-c4c[nH]c5cc(F)ccc45)cc3C2)CC1. The van der Waals surface area contributed by atoms with Gasteiger partial charge in [-0.25, -0.2) is 4.39 Å². The number of aromatic amines is 1. The van der Waals surface area contributed by atoms with Gasteiger partial charge in [-0.3, -0.25) is 4.99 Å². The second-order valence-corrected chi connectivity index (χ2v) is 8.04. The quantitative estimate of drug-likeness (QED) is 0.671. The maximum Gasteiger partial charge on any atom is 0.125 e. The zero-order valence-corrected chi connectivity index (χ0v) is 15.6. The van der Waals surface area contributed by atoms with Gasteiger partial charge in [0.1, 0.15) is 5.82 Å². The van der Waals surface area contributed by atoms with Gasteiger partial charge in [0.15, 0.2) is 0 Å². The van der Waals surface area contributed by atoms with Crippen LogP contribution in [0.2, 0.25) is 0 Å². The lowest BCUT2D eigenvalue weighted by Gasteiger charge is -2.28. The van der Waals surface area contributed by atoms with E-state index in [0.717, 1.165) is 40.9 Å². The number of rotatable bonds is 3. The molecule has 2 aliphatic heterocycles. The van der Waals surface area contributed by atoms with E-state index >= 15 is 0 Å². The maximum atomic E-state index is 13.4. The molecule has 27 heavy (non-hydrogen) atoms. The lowest BCUT2D eigenvalue weighted by molar-refractivity contribution is 0.223. The fraction of sp³-hybridized carbons (Fsp3) is 0.348. The third kappa shape index (κ3) is 3.19. The van der Waals surface area contributed by atoms with E-state index in [-0.39, 0.29) is 5.82 Å². The molecule has 1 aromatic heterocycles. The Morgan fingerprint density at radius 1 is 1.15 bits per heavy atom. The number of hydrogen-bond donors (Lipinski definition) is 1. The van der Waals surface area contributed by atoms with Crippen LogP contribution in [0.15, 0.2) is 47.6 Å². The van der Waals surface area contributed by atoms with Crippen molar-refractivity contribution >= 4 is 22.3 Å². The van der Waals surface area contributed by atoms with Gasteiger partial charge in [0.05, 0.1) is 5.69 Å². The fourth-order valence-corrected chi connectivity index (χ4v) is 4.49. The lowest BCUT2D eigenvalue weighted by atomic mass is 9.90. The third-order valence-corrected chi connectivity index (χ3v) is 6.07. The Morgan fingerprint density at radius 2 is 2.00 bits per heavy atom. The summed E-state index contributed by atoms with van der Waals surface area (Å²) in [4.78, 5) is 10.5. The molecule has 2 aromatic carbocycles. The molecule has 138 valence electrons. The predicted octanol–water partition coefficient (Wildman–Crippen LogP) is 5.33. The van der Waals surface area contributed by atoms with E-state index in [1.54, 1.807) is 6.07 Å². The van der Waals surface area contributed by atoms with Crippen LogP contribution in [0, 0.1) is 11.7 Å². The molecule has 0 unspecified atom stereocenters. The van der Waals surface area contributed by atoms with E-state index in [4.69, 9.17) is 4.99 Å². The van der Waals surface area contributed by atoms with Crippen LogP contribution in [0.4, 0.5) is 10.1 Å². The molecule has 0 radical (unpaired) electrons. The fourth-order valence-electron chi connectivity index (χ4n) is 4.49. The van der Waals surface area contributed by atoms with Crippen molar-refractivity contribution in [1.82, 2.24) is 9.88 Å².